The molecule has 0 aromatic heterocycles. The zero-order valence-corrected chi connectivity index (χ0v) is 14.5. The van der Waals surface area contributed by atoms with E-state index < -0.39 is 0 Å². The minimum Gasteiger partial charge on any atom is -0.493 e. The summed E-state index contributed by atoms with van der Waals surface area (Å²) in [5, 5.41) is 3.18. The molecule has 0 aliphatic heterocycles. The Labute approximate surface area is 146 Å². The zero-order valence-electron chi connectivity index (χ0n) is 12.1. The number of hydrogen-bond acceptors (Lipinski definition) is 4. The van der Waals surface area contributed by atoms with E-state index in [4.69, 9.17) is 21.1 Å². The first-order chi connectivity index (χ1) is 11.0. The van der Waals surface area contributed by atoms with Crippen molar-refractivity contribution in [3.63, 3.8) is 0 Å². The summed E-state index contributed by atoms with van der Waals surface area (Å²) in [7, 11) is 1.47. The molecule has 0 saturated carbocycles. The molecular formula is C16H13BrClNO4. The Kier molecular flexibility index (Phi) is 6.01. The fourth-order valence-corrected chi connectivity index (χ4v) is 2.43. The van der Waals surface area contributed by atoms with Crippen LogP contribution >= 0.6 is 27.5 Å². The monoisotopic (exact) mass is 397 g/mol. The number of hydrogen-bond donors (Lipinski definition) is 1. The molecule has 0 atom stereocenters. The maximum atomic E-state index is 11.9. The third-order valence-corrected chi connectivity index (χ3v) is 3.80. The molecule has 0 saturated heterocycles. The van der Waals surface area contributed by atoms with Gasteiger partial charge in [0, 0.05) is 20.7 Å². The van der Waals surface area contributed by atoms with Crippen LogP contribution in [-0.2, 0) is 4.79 Å². The summed E-state index contributed by atoms with van der Waals surface area (Å²) in [5.74, 6) is 0.363. The van der Waals surface area contributed by atoms with E-state index in [9.17, 15) is 9.59 Å². The summed E-state index contributed by atoms with van der Waals surface area (Å²) < 4.78 is 11.2. The SMILES string of the molecule is COc1cc(Br)c(C=O)cc1OCC(=O)Nc1cccc(Cl)c1. The Morgan fingerprint density at radius 2 is 2.09 bits per heavy atom. The molecule has 0 unspecified atom stereocenters. The second-order valence-electron chi connectivity index (χ2n) is 4.49. The average Bonchev–Trinajstić information content (AvgIpc) is 2.53. The summed E-state index contributed by atoms with van der Waals surface area (Å²) in [6.45, 7) is -0.233. The Balaban J connectivity index is 2.05. The topological polar surface area (TPSA) is 64.6 Å². The van der Waals surface area contributed by atoms with Crippen molar-refractivity contribution in [1.82, 2.24) is 0 Å². The van der Waals surface area contributed by atoms with Crippen molar-refractivity contribution in [2.24, 2.45) is 0 Å². The third-order valence-electron chi connectivity index (χ3n) is 2.88. The fourth-order valence-electron chi connectivity index (χ4n) is 1.82. The molecule has 1 N–H and O–H groups in total. The number of rotatable bonds is 6. The van der Waals surface area contributed by atoms with Gasteiger partial charge in [-0.3, -0.25) is 9.59 Å². The van der Waals surface area contributed by atoms with Gasteiger partial charge in [-0.2, -0.15) is 0 Å². The largest absolute Gasteiger partial charge is 0.493 e. The summed E-state index contributed by atoms with van der Waals surface area (Å²) in [6, 6.07) is 9.89. The van der Waals surface area contributed by atoms with Crippen LogP contribution in [0.4, 0.5) is 5.69 Å². The lowest BCUT2D eigenvalue weighted by atomic mass is 10.2. The summed E-state index contributed by atoms with van der Waals surface area (Å²) >= 11 is 9.11. The first-order valence-corrected chi connectivity index (χ1v) is 7.71. The van der Waals surface area contributed by atoms with Gasteiger partial charge in [0.05, 0.1) is 7.11 Å². The molecular weight excluding hydrogens is 386 g/mol. The van der Waals surface area contributed by atoms with Crippen LogP contribution in [0.15, 0.2) is 40.9 Å². The lowest BCUT2D eigenvalue weighted by Crippen LogP contribution is -2.20. The van der Waals surface area contributed by atoms with E-state index in [0.29, 0.717) is 38.5 Å². The summed E-state index contributed by atoms with van der Waals surface area (Å²) in [5.41, 5.74) is 0.971. The molecule has 0 aliphatic rings. The van der Waals surface area contributed by atoms with Gasteiger partial charge in [-0.15, -0.1) is 0 Å². The molecule has 7 heteroatoms. The quantitative estimate of drug-likeness (QED) is 0.749. The normalized spacial score (nSPS) is 10.0. The molecule has 2 rings (SSSR count). The maximum absolute atomic E-state index is 11.9. The molecule has 23 heavy (non-hydrogen) atoms. The molecule has 2 aromatic carbocycles. The van der Waals surface area contributed by atoms with Gasteiger partial charge < -0.3 is 14.8 Å². The van der Waals surface area contributed by atoms with Crippen LogP contribution in [-0.4, -0.2) is 25.9 Å². The number of nitrogens with one attached hydrogen (secondary N) is 1. The minimum absolute atomic E-state index is 0.233. The van der Waals surface area contributed by atoms with Crippen molar-refractivity contribution in [3.8, 4) is 11.5 Å². The third kappa shape index (κ3) is 4.71. The van der Waals surface area contributed by atoms with Gasteiger partial charge in [-0.05, 0) is 46.3 Å². The van der Waals surface area contributed by atoms with Crippen molar-refractivity contribution in [2.75, 3.05) is 19.0 Å². The molecule has 0 fully saturated rings. The van der Waals surface area contributed by atoms with E-state index in [0.717, 1.165) is 0 Å². The van der Waals surface area contributed by atoms with Crippen LogP contribution in [0, 0.1) is 0 Å². The first-order valence-electron chi connectivity index (χ1n) is 6.54. The standard InChI is InChI=1S/C16H13BrClNO4/c1-22-14-7-13(17)10(8-20)5-15(14)23-9-16(21)19-12-4-2-3-11(18)6-12/h2-8H,9H2,1H3,(H,19,21). The van der Waals surface area contributed by atoms with E-state index in [2.05, 4.69) is 21.2 Å². The van der Waals surface area contributed by atoms with Crippen LogP contribution < -0.4 is 14.8 Å². The van der Waals surface area contributed by atoms with Gasteiger partial charge in [0.1, 0.15) is 0 Å². The number of amides is 1. The van der Waals surface area contributed by atoms with Crippen molar-refractivity contribution < 1.29 is 19.1 Å². The van der Waals surface area contributed by atoms with Gasteiger partial charge in [-0.1, -0.05) is 17.7 Å². The van der Waals surface area contributed by atoms with Crippen molar-refractivity contribution >= 4 is 45.4 Å². The number of benzene rings is 2. The molecule has 0 spiro atoms. The van der Waals surface area contributed by atoms with Gasteiger partial charge in [0.15, 0.2) is 24.4 Å². The lowest BCUT2D eigenvalue weighted by molar-refractivity contribution is -0.118. The van der Waals surface area contributed by atoms with Gasteiger partial charge in [0.25, 0.3) is 5.91 Å². The number of methoxy groups -OCH3 is 1. The van der Waals surface area contributed by atoms with Crippen LogP contribution in [0.3, 0.4) is 0 Å². The van der Waals surface area contributed by atoms with Crippen molar-refractivity contribution in [2.45, 2.75) is 0 Å². The highest BCUT2D eigenvalue weighted by molar-refractivity contribution is 9.10. The van der Waals surface area contributed by atoms with E-state index in [-0.39, 0.29) is 12.5 Å². The van der Waals surface area contributed by atoms with E-state index >= 15 is 0 Å². The number of halogens is 2. The smallest absolute Gasteiger partial charge is 0.262 e. The minimum atomic E-state index is -0.357. The molecule has 120 valence electrons. The second-order valence-corrected chi connectivity index (χ2v) is 5.78. The molecule has 0 heterocycles. The molecule has 1 amide bonds. The van der Waals surface area contributed by atoms with E-state index in [1.807, 2.05) is 0 Å². The number of aldehydes is 1. The first kappa shape index (κ1) is 17.3. The zero-order chi connectivity index (χ0) is 16.8. The number of carbonyl (C=O) groups excluding carboxylic acids is 2. The van der Waals surface area contributed by atoms with Crippen LogP contribution in [0.1, 0.15) is 10.4 Å². The predicted molar refractivity (Wildman–Crippen MR) is 91.7 cm³/mol. The van der Waals surface area contributed by atoms with Crippen LogP contribution in [0.25, 0.3) is 0 Å². The maximum Gasteiger partial charge on any atom is 0.262 e. The van der Waals surface area contributed by atoms with Gasteiger partial charge >= 0.3 is 0 Å². The highest BCUT2D eigenvalue weighted by Gasteiger charge is 2.12. The van der Waals surface area contributed by atoms with Gasteiger partial charge in [-0.25, -0.2) is 0 Å². The summed E-state index contributed by atoms with van der Waals surface area (Å²) in [4.78, 5) is 22.9. The fraction of sp³-hybridized carbons (Fsp3) is 0.125. The highest BCUT2D eigenvalue weighted by atomic mass is 79.9. The van der Waals surface area contributed by atoms with E-state index in [1.165, 1.54) is 13.2 Å². The Bertz CT molecular complexity index is 736. The summed E-state index contributed by atoms with van der Waals surface area (Å²) in [6.07, 6.45) is 0.683. The average molecular weight is 399 g/mol. The predicted octanol–water partition coefficient (Wildman–Crippen LogP) is 3.94. The Morgan fingerprint density at radius 3 is 2.74 bits per heavy atom. The molecule has 0 bridgehead atoms. The number of ether oxygens (including phenoxy) is 2. The second kappa shape index (κ2) is 7.99. The van der Waals surface area contributed by atoms with Crippen molar-refractivity contribution in [3.05, 3.63) is 51.5 Å². The van der Waals surface area contributed by atoms with Gasteiger partial charge in [0.2, 0.25) is 0 Å². The molecule has 2 aromatic rings. The van der Waals surface area contributed by atoms with E-state index in [1.54, 1.807) is 30.3 Å². The Hall–Kier alpha value is -2.05. The lowest BCUT2D eigenvalue weighted by Gasteiger charge is -2.12. The number of carbonyl (C=O) groups is 2. The molecule has 5 nitrogen and oxygen atoms in total. The van der Waals surface area contributed by atoms with Crippen molar-refractivity contribution in [1.29, 1.82) is 0 Å². The molecule has 0 aliphatic carbocycles. The van der Waals surface area contributed by atoms with Crippen LogP contribution in [0.5, 0.6) is 11.5 Å². The van der Waals surface area contributed by atoms with Crippen LogP contribution in [0.2, 0.25) is 5.02 Å². The molecule has 0 radical (unpaired) electrons. The Morgan fingerprint density at radius 1 is 1.30 bits per heavy atom. The highest BCUT2D eigenvalue weighted by Crippen LogP contribution is 2.32. The number of anilines is 1.